The standard InChI is InChI=1S/C21H25N5O3/c1-12(2)14-7-6-8-15(11-14)19-24-20(26(4)25-19)13(3)23-21(28)17-18(27)16(29-5)9-10-22-17/h6-13,27H,1-5H3,(H,23,28)/t13-/m0/s1. The van der Waals surface area contributed by atoms with Crippen molar-refractivity contribution in [3.05, 3.63) is 53.6 Å². The molecule has 8 nitrogen and oxygen atoms in total. The number of methoxy groups -OCH3 is 1. The largest absolute Gasteiger partial charge is 0.503 e. The molecular formula is C21H25N5O3. The molecule has 0 aliphatic carbocycles. The second-order valence-corrected chi connectivity index (χ2v) is 7.10. The van der Waals surface area contributed by atoms with Gasteiger partial charge in [-0.3, -0.25) is 9.48 Å². The maximum absolute atomic E-state index is 12.6. The summed E-state index contributed by atoms with van der Waals surface area (Å²) in [4.78, 5) is 21.1. The van der Waals surface area contributed by atoms with E-state index in [1.165, 1.54) is 24.9 Å². The summed E-state index contributed by atoms with van der Waals surface area (Å²) in [5.41, 5.74) is 2.02. The van der Waals surface area contributed by atoms with Crippen molar-refractivity contribution in [2.75, 3.05) is 7.11 Å². The fourth-order valence-corrected chi connectivity index (χ4v) is 3.03. The zero-order valence-electron chi connectivity index (χ0n) is 17.2. The summed E-state index contributed by atoms with van der Waals surface area (Å²) in [7, 11) is 3.19. The van der Waals surface area contributed by atoms with Crippen molar-refractivity contribution in [1.82, 2.24) is 25.1 Å². The van der Waals surface area contributed by atoms with Crippen LogP contribution in [0.5, 0.6) is 11.5 Å². The molecule has 2 N–H and O–H groups in total. The van der Waals surface area contributed by atoms with E-state index in [2.05, 4.69) is 46.4 Å². The van der Waals surface area contributed by atoms with Gasteiger partial charge in [-0.05, 0) is 24.5 Å². The first kappa shape index (κ1) is 20.3. The molecule has 1 amide bonds. The van der Waals surface area contributed by atoms with E-state index in [-0.39, 0.29) is 17.2 Å². The van der Waals surface area contributed by atoms with Crippen LogP contribution in [0.15, 0.2) is 36.5 Å². The van der Waals surface area contributed by atoms with Gasteiger partial charge in [0.2, 0.25) is 0 Å². The topological polar surface area (TPSA) is 102 Å². The molecule has 1 atom stereocenters. The minimum absolute atomic E-state index is 0.108. The lowest BCUT2D eigenvalue weighted by atomic mass is 10.0. The Kier molecular flexibility index (Phi) is 5.81. The summed E-state index contributed by atoms with van der Waals surface area (Å²) >= 11 is 0. The van der Waals surface area contributed by atoms with E-state index < -0.39 is 11.9 Å². The molecule has 0 aliphatic rings. The number of aromatic nitrogens is 4. The Hall–Kier alpha value is -3.42. The Bertz CT molecular complexity index is 1030. The van der Waals surface area contributed by atoms with Gasteiger partial charge >= 0.3 is 0 Å². The first-order chi connectivity index (χ1) is 13.8. The average Bonchev–Trinajstić information content (AvgIpc) is 3.10. The molecular weight excluding hydrogens is 370 g/mol. The van der Waals surface area contributed by atoms with Crippen LogP contribution >= 0.6 is 0 Å². The number of aromatic hydroxyl groups is 1. The molecule has 2 aromatic heterocycles. The van der Waals surface area contributed by atoms with Crippen molar-refractivity contribution in [1.29, 1.82) is 0 Å². The minimum atomic E-state index is -0.528. The smallest absolute Gasteiger partial charge is 0.274 e. The Morgan fingerprint density at radius 3 is 2.69 bits per heavy atom. The van der Waals surface area contributed by atoms with E-state index >= 15 is 0 Å². The number of rotatable bonds is 6. The molecule has 29 heavy (non-hydrogen) atoms. The lowest BCUT2D eigenvalue weighted by molar-refractivity contribution is 0.0929. The molecule has 0 bridgehead atoms. The third-order valence-corrected chi connectivity index (χ3v) is 4.67. The molecule has 0 radical (unpaired) electrons. The third-order valence-electron chi connectivity index (χ3n) is 4.67. The van der Waals surface area contributed by atoms with Gasteiger partial charge in [0.25, 0.3) is 5.91 Å². The summed E-state index contributed by atoms with van der Waals surface area (Å²) in [5.74, 6) is 0.936. The van der Waals surface area contributed by atoms with Gasteiger partial charge in [-0.25, -0.2) is 9.97 Å². The molecule has 0 unspecified atom stereocenters. The van der Waals surface area contributed by atoms with Crippen molar-refractivity contribution in [2.45, 2.75) is 32.7 Å². The molecule has 0 fully saturated rings. The lowest BCUT2D eigenvalue weighted by Crippen LogP contribution is -2.29. The van der Waals surface area contributed by atoms with Crippen LogP contribution in [0.25, 0.3) is 11.4 Å². The van der Waals surface area contributed by atoms with Crippen LogP contribution in [0.2, 0.25) is 0 Å². The minimum Gasteiger partial charge on any atom is -0.503 e. The summed E-state index contributed by atoms with van der Waals surface area (Å²) in [6, 6.07) is 9.14. The molecule has 0 spiro atoms. The highest BCUT2D eigenvalue weighted by molar-refractivity contribution is 5.95. The Morgan fingerprint density at radius 1 is 1.24 bits per heavy atom. The molecule has 0 aliphatic heterocycles. The van der Waals surface area contributed by atoms with Crippen LogP contribution in [0.3, 0.4) is 0 Å². The van der Waals surface area contributed by atoms with Gasteiger partial charge < -0.3 is 15.2 Å². The van der Waals surface area contributed by atoms with Gasteiger partial charge in [-0.15, -0.1) is 0 Å². The zero-order chi connectivity index (χ0) is 21.1. The summed E-state index contributed by atoms with van der Waals surface area (Å²) in [6.07, 6.45) is 1.40. The zero-order valence-corrected chi connectivity index (χ0v) is 17.2. The molecule has 8 heteroatoms. The normalized spacial score (nSPS) is 12.1. The van der Waals surface area contributed by atoms with Crippen molar-refractivity contribution in [3.8, 4) is 22.9 Å². The van der Waals surface area contributed by atoms with E-state index in [1.54, 1.807) is 18.7 Å². The second-order valence-electron chi connectivity index (χ2n) is 7.10. The third kappa shape index (κ3) is 4.21. The molecule has 0 saturated carbocycles. The van der Waals surface area contributed by atoms with Crippen LogP contribution in [-0.4, -0.2) is 37.9 Å². The number of ether oxygens (including phenoxy) is 1. The number of hydrogen-bond acceptors (Lipinski definition) is 6. The Labute approximate surface area is 169 Å². The number of pyridine rings is 1. The predicted octanol–water partition coefficient (Wildman–Crippen LogP) is 3.21. The molecule has 152 valence electrons. The summed E-state index contributed by atoms with van der Waals surface area (Å²) in [5, 5.41) is 17.4. The van der Waals surface area contributed by atoms with Crippen LogP contribution in [0.4, 0.5) is 0 Å². The molecule has 3 rings (SSSR count). The lowest BCUT2D eigenvalue weighted by Gasteiger charge is -2.13. The van der Waals surface area contributed by atoms with Crippen molar-refractivity contribution >= 4 is 5.91 Å². The summed E-state index contributed by atoms with van der Waals surface area (Å²) < 4.78 is 6.67. The number of amides is 1. The van der Waals surface area contributed by atoms with Crippen molar-refractivity contribution in [2.24, 2.45) is 7.05 Å². The van der Waals surface area contributed by atoms with Gasteiger partial charge in [-0.2, -0.15) is 5.10 Å². The fourth-order valence-electron chi connectivity index (χ4n) is 3.03. The molecule has 1 aromatic carbocycles. The van der Waals surface area contributed by atoms with Crippen molar-refractivity contribution in [3.63, 3.8) is 0 Å². The number of aryl methyl sites for hydroxylation is 1. The average molecular weight is 395 g/mol. The maximum atomic E-state index is 12.6. The number of nitrogens with zero attached hydrogens (tertiary/aromatic N) is 4. The van der Waals surface area contributed by atoms with E-state index in [4.69, 9.17) is 4.74 Å². The van der Waals surface area contributed by atoms with E-state index in [1.807, 2.05) is 12.1 Å². The Morgan fingerprint density at radius 2 is 2.00 bits per heavy atom. The molecule has 3 aromatic rings. The molecule has 0 saturated heterocycles. The highest BCUT2D eigenvalue weighted by atomic mass is 16.5. The highest BCUT2D eigenvalue weighted by Gasteiger charge is 2.22. The van der Waals surface area contributed by atoms with Crippen LogP contribution in [0.1, 0.15) is 54.6 Å². The number of carbonyl (C=O) groups excluding carboxylic acids is 1. The van der Waals surface area contributed by atoms with Gasteiger partial charge in [0.15, 0.2) is 23.0 Å². The second kappa shape index (κ2) is 8.30. The number of carbonyl (C=O) groups is 1. The van der Waals surface area contributed by atoms with E-state index in [9.17, 15) is 9.90 Å². The van der Waals surface area contributed by atoms with E-state index in [0.717, 1.165) is 5.56 Å². The van der Waals surface area contributed by atoms with Gasteiger partial charge in [0.1, 0.15) is 5.82 Å². The maximum Gasteiger partial charge on any atom is 0.274 e. The number of benzene rings is 1. The molecule has 2 heterocycles. The van der Waals surface area contributed by atoms with Gasteiger partial charge in [0.05, 0.1) is 13.2 Å². The quantitative estimate of drug-likeness (QED) is 0.664. The van der Waals surface area contributed by atoms with Crippen LogP contribution in [0, 0.1) is 0 Å². The van der Waals surface area contributed by atoms with Crippen molar-refractivity contribution < 1.29 is 14.6 Å². The SMILES string of the molecule is COc1ccnc(C(=O)N[C@@H](C)c2nc(-c3cccc(C(C)C)c3)nn2C)c1O. The van der Waals surface area contributed by atoms with Gasteiger partial charge in [0, 0.05) is 24.9 Å². The Balaban J connectivity index is 1.83. The number of nitrogens with one attached hydrogen (secondary N) is 1. The van der Waals surface area contributed by atoms with Crippen LogP contribution < -0.4 is 10.1 Å². The summed E-state index contributed by atoms with van der Waals surface area (Å²) in [6.45, 7) is 6.07. The van der Waals surface area contributed by atoms with Crippen LogP contribution in [-0.2, 0) is 7.05 Å². The first-order valence-corrected chi connectivity index (χ1v) is 9.36. The van der Waals surface area contributed by atoms with E-state index in [0.29, 0.717) is 17.6 Å². The fraction of sp³-hybridized carbons (Fsp3) is 0.333. The monoisotopic (exact) mass is 395 g/mol. The predicted molar refractivity (Wildman–Crippen MR) is 109 cm³/mol. The van der Waals surface area contributed by atoms with Gasteiger partial charge in [-0.1, -0.05) is 32.0 Å². The highest BCUT2D eigenvalue weighted by Crippen LogP contribution is 2.28. The number of hydrogen-bond donors (Lipinski definition) is 2. The first-order valence-electron chi connectivity index (χ1n) is 9.36.